The number of hydrogen-bond donors (Lipinski definition) is 1. The molecule has 0 radical (unpaired) electrons. The summed E-state index contributed by atoms with van der Waals surface area (Å²) in [6.45, 7) is 4.47. The zero-order valence-electron chi connectivity index (χ0n) is 12.1. The molecule has 1 saturated heterocycles. The molecule has 5 heteroatoms. The van der Waals surface area contributed by atoms with Crippen LogP contribution in [0.5, 0.6) is 0 Å². The zero-order valence-corrected chi connectivity index (χ0v) is 12.1. The van der Waals surface area contributed by atoms with Crippen LogP contribution >= 0.6 is 0 Å². The molecule has 1 aliphatic rings. The van der Waals surface area contributed by atoms with Gasteiger partial charge >= 0.3 is 0 Å². The van der Waals surface area contributed by atoms with E-state index in [0.29, 0.717) is 5.92 Å². The number of aromatic nitrogens is 2. The molecule has 2 rings (SSSR count). The van der Waals surface area contributed by atoms with Crippen LogP contribution in [0.1, 0.15) is 31.4 Å². The smallest absolute Gasteiger partial charge is 0.226 e. The van der Waals surface area contributed by atoms with Crippen LogP contribution in [0.25, 0.3) is 0 Å². The van der Waals surface area contributed by atoms with E-state index in [-0.39, 0.29) is 11.8 Å². The highest BCUT2D eigenvalue weighted by Crippen LogP contribution is 2.27. The first-order valence-electron chi connectivity index (χ1n) is 7.04. The summed E-state index contributed by atoms with van der Waals surface area (Å²) < 4.78 is 1.95. The van der Waals surface area contributed by atoms with Crippen LogP contribution in [0.2, 0.25) is 0 Å². The first kappa shape index (κ1) is 14.1. The molecule has 0 bridgehead atoms. The molecule has 5 nitrogen and oxygen atoms in total. The number of nitrogens with one attached hydrogen (secondary N) is 1. The van der Waals surface area contributed by atoms with Crippen LogP contribution in [0.15, 0.2) is 12.3 Å². The number of carbonyl (C=O) groups excluding carboxylic acids is 1. The van der Waals surface area contributed by atoms with E-state index in [9.17, 15) is 4.79 Å². The third-order valence-electron chi connectivity index (χ3n) is 4.02. The number of piperidine rings is 1. The molecule has 1 aliphatic heterocycles. The van der Waals surface area contributed by atoms with Crippen molar-refractivity contribution in [1.29, 1.82) is 0 Å². The normalized spacial score (nSPS) is 18.6. The minimum absolute atomic E-state index is 0.0678. The lowest BCUT2D eigenvalue weighted by Crippen LogP contribution is -2.43. The fraction of sp³-hybridized carbons (Fsp3) is 0.714. The summed E-state index contributed by atoms with van der Waals surface area (Å²) in [5.41, 5.74) is 1.29. The van der Waals surface area contributed by atoms with Crippen molar-refractivity contribution in [3.63, 3.8) is 0 Å². The van der Waals surface area contributed by atoms with Gasteiger partial charge in [-0.1, -0.05) is 6.92 Å². The van der Waals surface area contributed by atoms with Crippen molar-refractivity contribution < 1.29 is 4.79 Å². The Bertz CT molecular complexity index is 421. The molecular formula is C14H24N4O. The minimum Gasteiger partial charge on any atom is -0.342 e. The lowest BCUT2D eigenvalue weighted by molar-refractivity contribution is -0.135. The molecular weight excluding hydrogens is 240 g/mol. The quantitative estimate of drug-likeness (QED) is 0.882. The van der Waals surface area contributed by atoms with Crippen molar-refractivity contribution in [3.05, 3.63) is 18.0 Å². The summed E-state index contributed by atoms with van der Waals surface area (Å²) >= 11 is 0. The predicted octanol–water partition coefficient (Wildman–Crippen LogP) is 0.982. The Morgan fingerprint density at radius 2 is 2.21 bits per heavy atom. The van der Waals surface area contributed by atoms with Crippen molar-refractivity contribution >= 4 is 5.91 Å². The van der Waals surface area contributed by atoms with Crippen LogP contribution in [0.3, 0.4) is 0 Å². The monoisotopic (exact) mass is 264 g/mol. The van der Waals surface area contributed by atoms with Gasteiger partial charge in [-0.05, 0) is 26.0 Å². The van der Waals surface area contributed by atoms with Gasteiger partial charge in [-0.25, -0.2) is 0 Å². The maximum Gasteiger partial charge on any atom is 0.226 e. The van der Waals surface area contributed by atoms with E-state index in [2.05, 4.69) is 16.5 Å². The maximum atomic E-state index is 12.2. The van der Waals surface area contributed by atoms with E-state index in [0.717, 1.165) is 32.5 Å². The van der Waals surface area contributed by atoms with Crippen LogP contribution in [0.4, 0.5) is 0 Å². The number of rotatable bonds is 4. The van der Waals surface area contributed by atoms with Gasteiger partial charge in [-0.3, -0.25) is 9.48 Å². The average Bonchev–Trinajstić information content (AvgIpc) is 2.84. The Labute approximate surface area is 115 Å². The number of likely N-dealkylation sites (tertiary alicyclic amines) is 1. The molecule has 0 unspecified atom stereocenters. The van der Waals surface area contributed by atoms with Crippen LogP contribution in [0, 0.1) is 5.92 Å². The van der Waals surface area contributed by atoms with Gasteiger partial charge < -0.3 is 10.2 Å². The van der Waals surface area contributed by atoms with Crippen LogP contribution in [-0.2, 0) is 11.8 Å². The first-order chi connectivity index (χ1) is 9.13. The van der Waals surface area contributed by atoms with E-state index in [1.807, 2.05) is 36.8 Å². The molecule has 0 aliphatic carbocycles. The molecule has 1 aromatic rings. The predicted molar refractivity (Wildman–Crippen MR) is 74.9 cm³/mol. The minimum atomic E-state index is 0.0678. The van der Waals surface area contributed by atoms with Gasteiger partial charge in [0, 0.05) is 50.4 Å². The van der Waals surface area contributed by atoms with E-state index >= 15 is 0 Å². The summed E-state index contributed by atoms with van der Waals surface area (Å²) in [6.07, 6.45) is 3.93. The molecule has 1 aromatic heterocycles. The molecule has 1 fully saturated rings. The second-order valence-corrected chi connectivity index (χ2v) is 5.44. The third-order valence-corrected chi connectivity index (χ3v) is 4.02. The SMILES string of the molecule is CNC[C@H](C)C(=O)N1CCC(c2ccnn2C)CC1. The first-order valence-corrected chi connectivity index (χ1v) is 7.04. The van der Waals surface area contributed by atoms with Gasteiger partial charge in [0.1, 0.15) is 0 Å². The van der Waals surface area contributed by atoms with Gasteiger partial charge in [0.25, 0.3) is 0 Å². The Morgan fingerprint density at radius 1 is 1.53 bits per heavy atom. The Hall–Kier alpha value is -1.36. The molecule has 0 saturated carbocycles. The van der Waals surface area contributed by atoms with Gasteiger partial charge in [0.05, 0.1) is 0 Å². The maximum absolute atomic E-state index is 12.2. The van der Waals surface area contributed by atoms with Gasteiger partial charge in [0.15, 0.2) is 0 Å². The second-order valence-electron chi connectivity index (χ2n) is 5.44. The van der Waals surface area contributed by atoms with E-state index in [1.165, 1.54) is 5.69 Å². The Morgan fingerprint density at radius 3 is 2.74 bits per heavy atom. The molecule has 1 atom stereocenters. The number of amides is 1. The Kier molecular flexibility index (Phi) is 4.58. The fourth-order valence-corrected chi connectivity index (χ4v) is 2.89. The highest BCUT2D eigenvalue weighted by Gasteiger charge is 2.27. The molecule has 1 N–H and O–H groups in total. The van der Waals surface area contributed by atoms with Gasteiger partial charge in [0.2, 0.25) is 5.91 Å². The van der Waals surface area contributed by atoms with Crippen molar-refractivity contribution in [3.8, 4) is 0 Å². The summed E-state index contributed by atoms with van der Waals surface area (Å²) in [6, 6.07) is 2.09. The average molecular weight is 264 g/mol. The van der Waals surface area contributed by atoms with E-state index in [4.69, 9.17) is 0 Å². The number of hydrogen-bond acceptors (Lipinski definition) is 3. The number of carbonyl (C=O) groups is 1. The molecule has 19 heavy (non-hydrogen) atoms. The highest BCUT2D eigenvalue weighted by molar-refractivity contribution is 5.78. The van der Waals surface area contributed by atoms with Crippen molar-refractivity contribution in [2.24, 2.45) is 13.0 Å². The topological polar surface area (TPSA) is 50.2 Å². The van der Waals surface area contributed by atoms with Crippen molar-refractivity contribution in [1.82, 2.24) is 20.0 Å². The molecule has 0 spiro atoms. The van der Waals surface area contributed by atoms with Crippen LogP contribution in [-0.4, -0.2) is 47.3 Å². The Balaban J connectivity index is 1.89. The molecule has 0 aromatic carbocycles. The van der Waals surface area contributed by atoms with E-state index < -0.39 is 0 Å². The summed E-state index contributed by atoms with van der Waals surface area (Å²) in [5, 5.41) is 7.29. The lowest BCUT2D eigenvalue weighted by Gasteiger charge is -2.33. The van der Waals surface area contributed by atoms with Crippen molar-refractivity contribution in [2.45, 2.75) is 25.7 Å². The second kappa shape index (κ2) is 6.19. The lowest BCUT2D eigenvalue weighted by atomic mass is 9.93. The fourth-order valence-electron chi connectivity index (χ4n) is 2.89. The highest BCUT2D eigenvalue weighted by atomic mass is 16.2. The largest absolute Gasteiger partial charge is 0.342 e. The van der Waals surface area contributed by atoms with Gasteiger partial charge in [-0.15, -0.1) is 0 Å². The molecule has 1 amide bonds. The van der Waals surface area contributed by atoms with Gasteiger partial charge in [-0.2, -0.15) is 5.10 Å². The van der Waals surface area contributed by atoms with Crippen LogP contribution < -0.4 is 5.32 Å². The molecule has 106 valence electrons. The van der Waals surface area contributed by atoms with E-state index in [1.54, 1.807) is 0 Å². The number of aryl methyl sites for hydroxylation is 1. The number of nitrogens with zero attached hydrogens (tertiary/aromatic N) is 3. The summed E-state index contributed by atoms with van der Waals surface area (Å²) in [4.78, 5) is 14.2. The third kappa shape index (κ3) is 3.15. The summed E-state index contributed by atoms with van der Waals surface area (Å²) in [7, 11) is 3.88. The standard InChI is InChI=1S/C14H24N4O/c1-11(10-15-2)14(19)18-8-5-12(6-9-18)13-4-7-16-17(13)3/h4,7,11-12,15H,5-6,8-10H2,1-3H3/t11-/m0/s1. The summed E-state index contributed by atoms with van der Waals surface area (Å²) in [5.74, 6) is 0.882. The molecule has 2 heterocycles. The zero-order chi connectivity index (χ0) is 13.8. The van der Waals surface area contributed by atoms with Crippen molar-refractivity contribution in [2.75, 3.05) is 26.7 Å².